The van der Waals surface area contributed by atoms with Crippen molar-refractivity contribution < 1.29 is 4.79 Å². The van der Waals surface area contributed by atoms with E-state index in [0.717, 1.165) is 37.8 Å². The minimum absolute atomic E-state index is 0.164. The van der Waals surface area contributed by atoms with E-state index in [0.29, 0.717) is 6.54 Å². The number of carbonyl (C=O) groups excluding carboxylic acids is 1. The van der Waals surface area contributed by atoms with E-state index in [1.54, 1.807) is 4.90 Å². The molecule has 2 rings (SSSR count). The first-order valence-corrected chi connectivity index (χ1v) is 7.95. The molecule has 1 aliphatic rings. The Hall–Kier alpha value is -1.39. The van der Waals surface area contributed by atoms with Crippen LogP contribution in [0, 0.1) is 5.92 Å². The highest BCUT2D eigenvalue weighted by Gasteiger charge is 2.19. The van der Waals surface area contributed by atoms with Crippen molar-refractivity contribution in [3.05, 3.63) is 30.3 Å². The van der Waals surface area contributed by atoms with Crippen molar-refractivity contribution in [2.75, 3.05) is 44.7 Å². The van der Waals surface area contributed by atoms with Crippen molar-refractivity contribution >= 4 is 11.6 Å². The van der Waals surface area contributed by atoms with Gasteiger partial charge in [-0.05, 0) is 50.5 Å². The molecule has 0 aliphatic carbocycles. The minimum Gasteiger partial charge on any atom is -0.317 e. The smallest absolute Gasteiger partial charge is 0.240 e. The molecule has 1 aromatic rings. The molecule has 0 atom stereocenters. The molecule has 1 N–H and O–H groups in total. The zero-order chi connectivity index (χ0) is 15.1. The van der Waals surface area contributed by atoms with E-state index in [1.807, 2.05) is 37.4 Å². The van der Waals surface area contributed by atoms with Gasteiger partial charge in [0.15, 0.2) is 0 Å². The van der Waals surface area contributed by atoms with Gasteiger partial charge in [0, 0.05) is 19.3 Å². The maximum atomic E-state index is 12.4. The molecule has 0 aromatic heterocycles. The molecule has 0 bridgehead atoms. The van der Waals surface area contributed by atoms with Gasteiger partial charge >= 0.3 is 0 Å². The Morgan fingerprint density at radius 2 is 1.90 bits per heavy atom. The van der Waals surface area contributed by atoms with E-state index in [9.17, 15) is 4.79 Å². The number of hydrogen-bond donors (Lipinski definition) is 1. The molecule has 0 radical (unpaired) electrons. The van der Waals surface area contributed by atoms with Gasteiger partial charge in [0.2, 0.25) is 5.91 Å². The number of anilines is 1. The fourth-order valence-corrected chi connectivity index (χ4v) is 2.83. The van der Waals surface area contributed by atoms with Crippen LogP contribution in [-0.2, 0) is 4.79 Å². The Bertz CT molecular complexity index is 429. The van der Waals surface area contributed by atoms with Crippen LogP contribution in [0.15, 0.2) is 30.3 Å². The summed E-state index contributed by atoms with van der Waals surface area (Å²) < 4.78 is 0. The lowest BCUT2D eigenvalue weighted by molar-refractivity contribution is -0.119. The number of carbonyl (C=O) groups is 1. The molecule has 0 spiro atoms. The maximum absolute atomic E-state index is 12.4. The number of para-hydroxylation sites is 1. The topological polar surface area (TPSA) is 35.6 Å². The SMILES string of the molecule is CCN(CC(=O)N(C)c1ccccc1)CC1CCNCC1. The van der Waals surface area contributed by atoms with Gasteiger partial charge in [-0.2, -0.15) is 0 Å². The molecular weight excluding hydrogens is 262 g/mol. The molecule has 0 unspecified atom stereocenters. The Morgan fingerprint density at radius 1 is 1.24 bits per heavy atom. The summed E-state index contributed by atoms with van der Waals surface area (Å²) in [7, 11) is 1.86. The number of hydrogen-bond acceptors (Lipinski definition) is 3. The van der Waals surface area contributed by atoms with Gasteiger partial charge in [-0.15, -0.1) is 0 Å². The quantitative estimate of drug-likeness (QED) is 0.870. The van der Waals surface area contributed by atoms with E-state index in [2.05, 4.69) is 17.1 Å². The summed E-state index contributed by atoms with van der Waals surface area (Å²) in [6.07, 6.45) is 2.44. The van der Waals surface area contributed by atoms with Gasteiger partial charge < -0.3 is 10.2 Å². The summed E-state index contributed by atoms with van der Waals surface area (Å²) in [5.74, 6) is 0.887. The van der Waals surface area contributed by atoms with Gasteiger partial charge in [0.1, 0.15) is 0 Å². The molecule has 4 heteroatoms. The largest absolute Gasteiger partial charge is 0.317 e. The van der Waals surface area contributed by atoms with E-state index in [4.69, 9.17) is 0 Å². The van der Waals surface area contributed by atoms with Crippen molar-refractivity contribution in [3.63, 3.8) is 0 Å². The minimum atomic E-state index is 0.164. The Morgan fingerprint density at radius 3 is 2.52 bits per heavy atom. The normalized spacial score (nSPS) is 16.1. The molecule has 0 saturated carbocycles. The Balaban J connectivity index is 1.86. The van der Waals surface area contributed by atoms with E-state index in [-0.39, 0.29) is 5.91 Å². The summed E-state index contributed by atoms with van der Waals surface area (Å²) >= 11 is 0. The first-order valence-electron chi connectivity index (χ1n) is 7.95. The Kier molecular flexibility index (Phi) is 6.21. The predicted molar refractivity (Wildman–Crippen MR) is 87.6 cm³/mol. The molecule has 4 nitrogen and oxygen atoms in total. The van der Waals surface area contributed by atoms with Gasteiger partial charge in [-0.1, -0.05) is 25.1 Å². The van der Waals surface area contributed by atoms with E-state index in [1.165, 1.54) is 12.8 Å². The van der Waals surface area contributed by atoms with Gasteiger partial charge in [0.05, 0.1) is 6.54 Å². The number of piperidine rings is 1. The van der Waals surface area contributed by atoms with E-state index >= 15 is 0 Å². The van der Waals surface area contributed by atoms with E-state index < -0.39 is 0 Å². The highest BCUT2D eigenvalue weighted by Crippen LogP contribution is 2.15. The third kappa shape index (κ3) is 4.83. The number of nitrogens with one attached hydrogen (secondary N) is 1. The van der Waals surface area contributed by atoms with Crippen molar-refractivity contribution in [1.29, 1.82) is 0 Å². The second-order valence-electron chi connectivity index (χ2n) is 5.81. The molecule has 1 fully saturated rings. The molecule has 1 heterocycles. The highest BCUT2D eigenvalue weighted by atomic mass is 16.2. The summed E-state index contributed by atoms with van der Waals surface area (Å²) in [6, 6.07) is 9.84. The number of rotatable bonds is 6. The standard InChI is InChI=1S/C17H27N3O/c1-3-20(13-15-9-11-18-12-10-15)14-17(21)19(2)16-7-5-4-6-8-16/h4-8,15,18H,3,9-14H2,1-2H3. The van der Waals surface area contributed by atoms with Crippen molar-refractivity contribution in [3.8, 4) is 0 Å². The summed E-state index contributed by atoms with van der Waals surface area (Å²) in [5, 5.41) is 3.39. The second kappa shape index (κ2) is 8.15. The van der Waals surface area contributed by atoms with Crippen molar-refractivity contribution in [1.82, 2.24) is 10.2 Å². The van der Waals surface area contributed by atoms with Crippen LogP contribution in [0.1, 0.15) is 19.8 Å². The van der Waals surface area contributed by atoms with Crippen LogP contribution in [0.25, 0.3) is 0 Å². The first kappa shape index (κ1) is 16.0. The number of amides is 1. The lowest BCUT2D eigenvalue weighted by Gasteiger charge is -2.30. The molecule has 116 valence electrons. The fraction of sp³-hybridized carbons (Fsp3) is 0.588. The predicted octanol–water partition coefficient (Wildman–Crippen LogP) is 1.97. The van der Waals surface area contributed by atoms with Gasteiger partial charge in [0.25, 0.3) is 0 Å². The van der Waals surface area contributed by atoms with Crippen LogP contribution in [0.4, 0.5) is 5.69 Å². The molecule has 1 amide bonds. The summed E-state index contributed by atoms with van der Waals surface area (Å²) in [4.78, 5) is 16.5. The average molecular weight is 289 g/mol. The number of nitrogens with zero attached hydrogens (tertiary/aromatic N) is 2. The van der Waals surface area contributed by atoms with Crippen LogP contribution >= 0.6 is 0 Å². The monoisotopic (exact) mass is 289 g/mol. The third-order valence-corrected chi connectivity index (χ3v) is 4.30. The van der Waals surface area contributed by atoms with Crippen LogP contribution in [-0.4, -0.2) is 50.6 Å². The Labute approximate surface area is 128 Å². The van der Waals surface area contributed by atoms with Crippen molar-refractivity contribution in [2.45, 2.75) is 19.8 Å². The van der Waals surface area contributed by atoms with Crippen LogP contribution in [0.3, 0.4) is 0 Å². The zero-order valence-electron chi connectivity index (χ0n) is 13.2. The average Bonchev–Trinajstić information content (AvgIpc) is 2.55. The third-order valence-electron chi connectivity index (χ3n) is 4.30. The highest BCUT2D eigenvalue weighted by molar-refractivity contribution is 5.94. The fourth-order valence-electron chi connectivity index (χ4n) is 2.83. The molecule has 1 aliphatic heterocycles. The van der Waals surface area contributed by atoms with Crippen LogP contribution < -0.4 is 10.2 Å². The molecular formula is C17H27N3O. The van der Waals surface area contributed by atoms with Gasteiger partial charge in [-0.3, -0.25) is 9.69 Å². The zero-order valence-corrected chi connectivity index (χ0v) is 13.2. The van der Waals surface area contributed by atoms with Crippen LogP contribution in [0.2, 0.25) is 0 Å². The summed E-state index contributed by atoms with van der Waals surface area (Å²) in [5.41, 5.74) is 0.959. The lowest BCUT2D eigenvalue weighted by Crippen LogP contribution is -2.42. The second-order valence-corrected chi connectivity index (χ2v) is 5.81. The molecule has 1 saturated heterocycles. The lowest BCUT2D eigenvalue weighted by atomic mass is 9.97. The molecule has 21 heavy (non-hydrogen) atoms. The van der Waals surface area contributed by atoms with Gasteiger partial charge in [-0.25, -0.2) is 0 Å². The maximum Gasteiger partial charge on any atom is 0.240 e. The first-order chi connectivity index (χ1) is 10.2. The number of likely N-dealkylation sites (N-methyl/N-ethyl adjacent to an activating group) is 2. The molecule has 1 aromatic carbocycles. The summed E-state index contributed by atoms with van der Waals surface area (Å²) in [6.45, 7) is 6.83. The number of benzene rings is 1. The van der Waals surface area contributed by atoms with Crippen molar-refractivity contribution in [2.24, 2.45) is 5.92 Å². The van der Waals surface area contributed by atoms with Crippen LogP contribution in [0.5, 0.6) is 0 Å².